The molecule has 0 amide bonds. The molecule has 1 heteroatoms. The van der Waals surface area contributed by atoms with Crippen molar-refractivity contribution in [3.8, 4) is 0 Å². The zero-order valence-electron chi connectivity index (χ0n) is 13.3. The van der Waals surface area contributed by atoms with Crippen molar-refractivity contribution in [3.63, 3.8) is 0 Å². The molecular formula is C18H35N. The van der Waals surface area contributed by atoms with Crippen molar-refractivity contribution in [1.29, 1.82) is 0 Å². The Morgan fingerprint density at radius 3 is 2.37 bits per heavy atom. The number of nitrogens with one attached hydrogen (secondary N) is 1. The van der Waals surface area contributed by atoms with Gasteiger partial charge in [-0.05, 0) is 43.6 Å². The smallest absolute Gasteiger partial charge is 0.00683 e. The summed E-state index contributed by atoms with van der Waals surface area (Å²) >= 11 is 0. The second-order valence-corrected chi connectivity index (χ2v) is 7.14. The van der Waals surface area contributed by atoms with E-state index in [1.807, 2.05) is 0 Å². The highest BCUT2D eigenvalue weighted by Crippen LogP contribution is 2.36. The highest BCUT2D eigenvalue weighted by molar-refractivity contribution is 4.85. The molecule has 1 N–H and O–H groups in total. The highest BCUT2D eigenvalue weighted by Gasteiger charge is 2.29. The first-order valence-electron chi connectivity index (χ1n) is 9.06. The second-order valence-electron chi connectivity index (χ2n) is 7.14. The molecule has 2 aliphatic carbocycles. The Kier molecular flexibility index (Phi) is 6.70. The standard InChI is InChI=1S/C18H35N/c1-3-5-8-15(4-2)13-17(14-19-18-11-12-18)16-9-6-7-10-16/h15-19H,3-14H2,1-2H3. The average Bonchev–Trinajstić information content (AvgIpc) is 3.10. The van der Waals surface area contributed by atoms with Gasteiger partial charge in [-0.1, -0.05) is 65.2 Å². The average molecular weight is 265 g/mol. The van der Waals surface area contributed by atoms with Crippen molar-refractivity contribution in [2.75, 3.05) is 6.54 Å². The molecule has 0 aromatic heterocycles. The van der Waals surface area contributed by atoms with Crippen LogP contribution in [0.5, 0.6) is 0 Å². The predicted molar refractivity (Wildman–Crippen MR) is 84.4 cm³/mol. The highest BCUT2D eigenvalue weighted by atomic mass is 14.9. The second kappa shape index (κ2) is 8.29. The van der Waals surface area contributed by atoms with Crippen LogP contribution in [0.25, 0.3) is 0 Å². The van der Waals surface area contributed by atoms with Gasteiger partial charge in [-0.15, -0.1) is 0 Å². The molecule has 2 aliphatic rings. The van der Waals surface area contributed by atoms with E-state index in [2.05, 4.69) is 19.2 Å². The number of hydrogen-bond acceptors (Lipinski definition) is 1. The lowest BCUT2D eigenvalue weighted by Crippen LogP contribution is -2.30. The molecule has 112 valence electrons. The Labute approximate surface area is 120 Å². The first kappa shape index (κ1) is 15.4. The van der Waals surface area contributed by atoms with Gasteiger partial charge in [0.05, 0.1) is 0 Å². The molecule has 0 radical (unpaired) electrons. The molecule has 19 heavy (non-hydrogen) atoms. The number of hydrogen-bond donors (Lipinski definition) is 1. The predicted octanol–water partition coefficient (Wildman–Crippen LogP) is 5.15. The summed E-state index contributed by atoms with van der Waals surface area (Å²) in [4.78, 5) is 0. The normalized spacial score (nSPS) is 23.7. The Balaban J connectivity index is 1.79. The maximum atomic E-state index is 3.82. The van der Waals surface area contributed by atoms with Crippen molar-refractivity contribution in [2.45, 2.75) is 90.5 Å². The lowest BCUT2D eigenvalue weighted by atomic mass is 9.80. The summed E-state index contributed by atoms with van der Waals surface area (Å²) in [7, 11) is 0. The van der Waals surface area contributed by atoms with Crippen molar-refractivity contribution in [2.24, 2.45) is 17.8 Å². The monoisotopic (exact) mass is 265 g/mol. The van der Waals surface area contributed by atoms with E-state index in [0.717, 1.165) is 23.8 Å². The van der Waals surface area contributed by atoms with Crippen molar-refractivity contribution in [3.05, 3.63) is 0 Å². The van der Waals surface area contributed by atoms with Gasteiger partial charge in [-0.25, -0.2) is 0 Å². The van der Waals surface area contributed by atoms with Crippen molar-refractivity contribution < 1.29 is 0 Å². The summed E-state index contributed by atoms with van der Waals surface area (Å²) < 4.78 is 0. The van der Waals surface area contributed by atoms with Gasteiger partial charge in [0.2, 0.25) is 0 Å². The summed E-state index contributed by atoms with van der Waals surface area (Å²) in [5.41, 5.74) is 0. The largest absolute Gasteiger partial charge is 0.314 e. The van der Waals surface area contributed by atoms with Crippen LogP contribution in [-0.4, -0.2) is 12.6 Å². The molecule has 2 saturated carbocycles. The van der Waals surface area contributed by atoms with Crippen LogP contribution >= 0.6 is 0 Å². The molecule has 0 aromatic carbocycles. The van der Waals surface area contributed by atoms with Gasteiger partial charge < -0.3 is 5.32 Å². The van der Waals surface area contributed by atoms with Gasteiger partial charge in [0.1, 0.15) is 0 Å². The van der Waals surface area contributed by atoms with E-state index < -0.39 is 0 Å². The van der Waals surface area contributed by atoms with E-state index in [1.54, 1.807) is 0 Å². The molecule has 2 fully saturated rings. The summed E-state index contributed by atoms with van der Waals surface area (Å²) in [6.45, 7) is 6.05. The lowest BCUT2D eigenvalue weighted by Gasteiger charge is -2.28. The van der Waals surface area contributed by atoms with Crippen LogP contribution in [0.15, 0.2) is 0 Å². The fourth-order valence-electron chi connectivity index (χ4n) is 3.89. The Morgan fingerprint density at radius 2 is 1.79 bits per heavy atom. The van der Waals surface area contributed by atoms with Crippen LogP contribution in [0.3, 0.4) is 0 Å². The van der Waals surface area contributed by atoms with E-state index in [1.165, 1.54) is 77.2 Å². The molecule has 2 rings (SSSR count). The molecule has 2 atom stereocenters. The molecule has 2 unspecified atom stereocenters. The van der Waals surface area contributed by atoms with Gasteiger partial charge in [-0.3, -0.25) is 0 Å². The van der Waals surface area contributed by atoms with Gasteiger partial charge in [0, 0.05) is 6.04 Å². The van der Waals surface area contributed by atoms with Crippen LogP contribution in [0.4, 0.5) is 0 Å². The molecular weight excluding hydrogens is 230 g/mol. The van der Waals surface area contributed by atoms with Crippen LogP contribution in [0, 0.1) is 17.8 Å². The summed E-state index contributed by atoms with van der Waals surface area (Å²) in [6, 6.07) is 0.889. The van der Waals surface area contributed by atoms with E-state index in [0.29, 0.717) is 0 Å². The zero-order valence-corrected chi connectivity index (χ0v) is 13.3. The fraction of sp³-hybridized carbons (Fsp3) is 1.00. The molecule has 0 heterocycles. The Hall–Kier alpha value is -0.0400. The topological polar surface area (TPSA) is 12.0 Å². The maximum absolute atomic E-state index is 3.82. The van der Waals surface area contributed by atoms with Gasteiger partial charge in [0.25, 0.3) is 0 Å². The number of unbranched alkanes of at least 4 members (excludes halogenated alkanes) is 1. The maximum Gasteiger partial charge on any atom is 0.00683 e. The van der Waals surface area contributed by atoms with E-state index in [4.69, 9.17) is 0 Å². The van der Waals surface area contributed by atoms with Crippen LogP contribution in [-0.2, 0) is 0 Å². The molecule has 0 aromatic rings. The summed E-state index contributed by atoms with van der Waals surface area (Å²) in [5, 5.41) is 3.82. The minimum Gasteiger partial charge on any atom is -0.314 e. The van der Waals surface area contributed by atoms with Crippen LogP contribution < -0.4 is 5.32 Å². The molecule has 0 spiro atoms. The van der Waals surface area contributed by atoms with Crippen molar-refractivity contribution in [1.82, 2.24) is 5.32 Å². The SMILES string of the molecule is CCCCC(CC)CC(CNC1CC1)C1CCCC1. The third kappa shape index (κ3) is 5.45. The zero-order chi connectivity index (χ0) is 13.5. The lowest BCUT2D eigenvalue weighted by molar-refractivity contribution is 0.246. The van der Waals surface area contributed by atoms with Gasteiger partial charge >= 0.3 is 0 Å². The van der Waals surface area contributed by atoms with Crippen LogP contribution in [0.2, 0.25) is 0 Å². The molecule has 0 aliphatic heterocycles. The quantitative estimate of drug-likeness (QED) is 0.576. The van der Waals surface area contributed by atoms with E-state index in [-0.39, 0.29) is 0 Å². The van der Waals surface area contributed by atoms with Gasteiger partial charge in [-0.2, -0.15) is 0 Å². The fourth-order valence-corrected chi connectivity index (χ4v) is 3.89. The third-order valence-electron chi connectivity index (χ3n) is 5.49. The summed E-state index contributed by atoms with van der Waals surface area (Å²) in [6.07, 6.45) is 16.1. The Bertz CT molecular complexity index is 228. The van der Waals surface area contributed by atoms with E-state index in [9.17, 15) is 0 Å². The molecule has 1 nitrogen and oxygen atoms in total. The third-order valence-corrected chi connectivity index (χ3v) is 5.49. The molecule has 0 saturated heterocycles. The summed E-state index contributed by atoms with van der Waals surface area (Å²) in [5.74, 6) is 3.01. The Morgan fingerprint density at radius 1 is 1.05 bits per heavy atom. The van der Waals surface area contributed by atoms with Gasteiger partial charge in [0.15, 0.2) is 0 Å². The first-order chi connectivity index (χ1) is 9.33. The van der Waals surface area contributed by atoms with E-state index >= 15 is 0 Å². The minimum atomic E-state index is 0.889. The van der Waals surface area contributed by atoms with Crippen LogP contribution in [0.1, 0.15) is 84.5 Å². The van der Waals surface area contributed by atoms with Crippen molar-refractivity contribution >= 4 is 0 Å². The first-order valence-corrected chi connectivity index (χ1v) is 9.06. The molecule has 0 bridgehead atoms. The number of rotatable bonds is 10. The minimum absolute atomic E-state index is 0.889.